The summed E-state index contributed by atoms with van der Waals surface area (Å²) >= 11 is 0. The standard InChI is InChI=1S/C21H19N3O4S/c1-15(25)22-17-11-9-16(10-12-17)19-14-20(21-8-5-13-28-21)24(23-19)29(26,27)18-6-3-2-4-7-18/h2-13,20H,14H2,1H3,(H,22,25)/t20-/m0/s1. The monoisotopic (exact) mass is 409 g/mol. The molecule has 0 fully saturated rings. The summed E-state index contributed by atoms with van der Waals surface area (Å²) in [5.41, 5.74) is 2.07. The van der Waals surface area contributed by atoms with Crippen molar-refractivity contribution in [1.82, 2.24) is 4.41 Å². The van der Waals surface area contributed by atoms with Crippen molar-refractivity contribution in [3.05, 3.63) is 84.3 Å². The van der Waals surface area contributed by atoms with Gasteiger partial charge in [-0.3, -0.25) is 4.79 Å². The Kier molecular flexibility index (Phi) is 4.94. The number of carbonyl (C=O) groups is 1. The predicted octanol–water partition coefficient (Wildman–Crippen LogP) is 3.78. The Morgan fingerprint density at radius 1 is 1.07 bits per heavy atom. The number of nitrogens with zero attached hydrogens (tertiary/aromatic N) is 2. The number of hydrogen-bond donors (Lipinski definition) is 1. The number of hydrazone groups is 1. The second kappa shape index (κ2) is 7.56. The smallest absolute Gasteiger partial charge is 0.279 e. The molecule has 0 aliphatic carbocycles. The predicted molar refractivity (Wildman–Crippen MR) is 109 cm³/mol. The summed E-state index contributed by atoms with van der Waals surface area (Å²) < 4.78 is 33.1. The first-order valence-electron chi connectivity index (χ1n) is 9.03. The van der Waals surface area contributed by atoms with Crippen LogP contribution in [0.4, 0.5) is 5.69 Å². The maximum atomic E-state index is 13.2. The topological polar surface area (TPSA) is 92.0 Å². The summed E-state index contributed by atoms with van der Waals surface area (Å²) in [5, 5.41) is 7.16. The van der Waals surface area contributed by atoms with Gasteiger partial charge in [-0.15, -0.1) is 0 Å². The van der Waals surface area contributed by atoms with E-state index in [0.717, 1.165) is 9.98 Å². The molecule has 1 atom stereocenters. The van der Waals surface area contributed by atoms with Gasteiger partial charge >= 0.3 is 0 Å². The normalized spacial score (nSPS) is 16.5. The van der Waals surface area contributed by atoms with Gasteiger partial charge in [-0.2, -0.15) is 17.9 Å². The van der Waals surface area contributed by atoms with Crippen molar-refractivity contribution < 1.29 is 17.6 Å². The number of rotatable bonds is 5. The second-order valence-electron chi connectivity index (χ2n) is 6.63. The number of nitrogens with one attached hydrogen (secondary N) is 1. The van der Waals surface area contributed by atoms with Crippen molar-refractivity contribution in [2.24, 2.45) is 5.10 Å². The molecule has 29 heavy (non-hydrogen) atoms. The van der Waals surface area contributed by atoms with Gasteiger partial charge in [0.05, 0.1) is 16.9 Å². The molecule has 0 spiro atoms. The van der Waals surface area contributed by atoms with E-state index in [1.807, 2.05) is 12.1 Å². The van der Waals surface area contributed by atoms with Crippen LogP contribution in [0.3, 0.4) is 0 Å². The van der Waals surface area contributed by atoms with E-state index in [1.54, 1.807) is 54.6 Å². The van der Waals surface area contributed by atoms with Crippen LogP contribution in [0.5, 0.6) is 0 Å². The molecule has 148 valence electrons. The summed E-state index contributed by atoms with van der Waals surface area (Å²) in [6.07, 6.45) is 1.89. The molecule has 8 heteroatoms. The SMILES string of the molecule is CC(=O)Nc1ccc(C2=NN(S(=O)(=O)c3ccccc3)[C@H](c3ccco3)C2)cc1. The van der Waals surface area contributed by atoms with Crippen LogP contribution >= 0.6 is 0 Å². The highest BCUT2D eigenvalue weighted by molar-refractivity contribution is 7.89. The maximum absolute atomic E-state index is 13.2. The minimum absolute atomic E-state index is 0.158. The van der Waals surface area contributed by atoms with E-state index in [0.29, 0.717) is 23.6 Å². The van der Waals surface area contributed by atoms with Crippen LogP contribution in [-0.2, 0) is 14.8 Å². The van der Waals surface area contributed by atoms with E-state index in [4.69, 9.17) is 4.42 Å². The Balaban J connectivity index is 1.71. The lowest BCUT2D eigenvalue weighted by Gasteiger charge is -2.21. The molecule has 3 aromatic rings. The molecule has 1 aliphatic heterocycles. The van der Waals surface area contributed by atoms with Crippen LogP contribution in [0, 0.1) is 0 Å². The zero-order valence-electron chi connectivity index (χ0n) is 15.6. The van der Waals surface area contributed by atoms with Crippen LogP contribution in [0.25, 0.3) is 0 Å². The zero-order valence-corrected chi connectivity index (χ0v) is 16.5. The quantitative estimate of drug-likeness (QED) is 0.694. The van der Waals surface area contributed by atoms with Gasteiger partial charge in [-0.1, -0.05) is 30.3 Å². The molecule has 4 rings (SSSR count). The molecule has 1 aliphatic rings. The van der Waals surface area contributed by atoms with Gasteiger partial charge in [0.1, 0.15) is 11.8 Å². The zero-order chi connectivity index (χ0) is 20.4. The first-order valence-corrected chi connectivity index (χ1v) is 10.5. The van der Waals surface area contributed by atoms with E-state index >= 15 is 0 Å². The van der Waals surface area contributed by atoms with Crippen LogP contribution in [0.15, 0.2) is 87.4 Å². The molecule has 0 bridgehead atoms. The molecule has 0 radical (unpaired) electrons. The van der Waals surface area contributed by atoms with E-state index in [2.05, 4.69) is 10.4 Å². The minimum atomic E-state index is -3.85. The second-order valence-corrected chi connectivity index (χ2v) is 8.43. The highest BCUT2D eigenvalue weighted by Gasteiger charge is 2.39. The van der Waals surface area contributed by atoms with Gasteiger partial charge in [0, 0.05) is 19.0 Å². The first kappa shape index (κ1) is 18.9. The molecule has 0 unspecified atom stereocenters. The fourth-order valence-corrected chi connectivity index (χ4v) is 4.66. The highest BCUT2D eigenvalue weighted by Crippen LogP contribution is 2.37. The molecule has 2 heterocycles. The number of sulfonamides is 1. The van der Waals surface area contributed by atoms with Crippen molar-refractivity contribution in [2.75, 3.05) is 5.32 Å². The fraction of sp³-hybridized carbons (Fsp3) is 0.143. The van der Waals surface area contributed by atoms with Crippen molar-refractivity contribution in [3.63, 3.8) is 0 Å². The van der Waals surface area contributed by atoms with E-state index in [-0.39, 0.29) is 10.8 Å². The summed E-state index contributed by atoms with van der Waals surface area (Å²) in [5.74, 6) is 0.368. The summed E-state index contributed by atoms with van der Waals surface area (Å²) in [4.78, 5) is 11.4. The Labute approximate surface area is 168 Å². The van der Waals surface area contributed by atoms with Crippen LogP contribution in [0.1, 0.15) is 30.7 Å². The molecule has 2 aromatic carbocycles. The fourth-order valence-electron chi connectivity index (χ4n) is 3.23. The molecule has 1 aromatic heterocycles. The van der Waals surface area contributed by atoms with Crippen molar-refractivity contribution >= 4 is 27.3 Å². The van der Waals surface area contributed by atoms with Gasteiger partial charge in [0.2, 0.25) is 5.91 Å². The summed E-state index contributed by atoms with van der Waals surface area (Å²) in [6, 6.07) is 18.2. The van der Waals surface area contributed by atoms with Gasteiger partial charge < -0.3 is 9.73 Å². The molecule has 0 saturated heterocycles. The number of amides is 1. The molecular formula is C21H19N3O4S. The Morgan fingerprint density at radius 2 is 1.79 bits per heavy atom. The first-order chi connectivity index (χ1) is 13.9. The minimum Gasteiger partial charge on any atom is -0.467 e. The van der Waals surface area contributed by atoms with Crippen LogP contribution < -0.4 is 5.32 Å². The molecule has 1 N–H and O–H groups in total. The lowest BCUT2D eigenvalue weighted by molar-refractivity contribution is -0.114. The third-order valence-electron chi connectivity index (χ3n) is 4.57. The Morgan fingerprint density at radius 3 is 2.41 bits per heavy atom. The summed E-state index contributed by atoms with van der Waals surface area (Å²) in [7, 11) is -3.85. The Hall–Kier alpha value is -3.39. The average Bonchev–Trinajstić information content (AvgIpc) is 3.39. The Bertz CT molecular complexity index is 1140. The lowest BCUT2D eigenvalue weighted by atomic mass is 10.0. The van der Waals surface area contributed by atoms with Crippen LogP contribution in [0.2, 0.25) is 0 Å². The van der Waals surface area contributed by atoms with Crippen molar-refractivity contribution in [2.45, 2.75) is 24.3 Å². The van der Waals surface area contributed by atoms with Crippen molar-refractivity contribution in [3.8, 4) is 0 Å². The number of anilines is 1. The number of hydrogen-bond acceptors (Lipinski definition) is 5. The van der Waals surface area contributed by atoms with E-state index in [1.165, 1.54) is 13.2 Å². The maximum Gasteiger partial charge on any atom is 0.279 e. The van der Waals surface area contributed by atoms with Crippen molar-refractivity contribution in [1.29, 1.82) is 0 Å². The van der Waals surface area contributed by atoms with Gasteiger partial charge in [-0.25, -0.2) is 0 Å². The summed E-state index contributed by atoms with van der Waals surface area (Å²) in [6.45, 7) is 1.44. The number of benzene rings is 2. The average molecular weight is 409 g/mol. The third kappa shape index (κ3) is 3.79. The van der Waals surface area contributed by atoms with Gasteiger partial charge in [-0.05, 0) is 42.0 Å². The van der Waals surface area contributed by atoms with Gasteiger partial charge in [0.25, 0.3) is 10.0 Å². The third-order valence-corrected chi connectivity index (χ3v) is 6.27. The lowest BCUT2D eigenvalue weighted by Crippen LogP contribution is -2.27. The largest absolute Gasteiger partial charge is 0.467 e. The molecular weight excluding hydrogens is 390 g/mol. The highest BCUT2D eigenvalue weighted by atomic mass is 32.2. The number of furan rings is 1. The van der Waals surface area contributed by atoms with E-state index < -0.39 is 16.1 Å². The van der Waals surface area contributed by atoms with Gasteiger partial charge in [0.15, 0.2) is 0 Å². The van der Waals surface area contributed by atoms with Crippen LogP contribution in [-0.4, -0.2) is 24.5 Å². The molecule has 7 nitrogen and oxygen atoms in total. The number of carbonyl (C=O) groups excluding carboxylic acids is 1. The van der Waals surface area contributed by atoms with E-state index in [9.17, 15) is 13.2 Å². The molecule has 0 saturated carbocycles. The molecule has 1 amide bonds.